The number of hydrogen-bond donors (Lipinski definition) is 0. The van der Waals surface area contributed by atoms with E-state index >= 15 is 0 Å². The Labute approximate surface area is 133 Å². The van der Waals surface area contributed by atoms with E-state index in [9.17, 15) is 9.59 Å². The lowest BCUT2D eigenvalue weighted by Gasteiger charge is -2.24. The number of benzene rings is 2. The fraction of sp³-hybridized carbons (Fsp3) is 0.176. The van der Waals surface area contributed by atoms with E-state index in [2.05, 4.69) is 13.8 Å². The van der Waals surface area contributed by atoms with Gasteiger partial charge >= 0.3 is 0 Å². The molecule has 0 atom stereocenters. The number of aldehydes is 2. The molecule has 0 unspecified atom stereocenters. The molecule has 2 aromatic carbocycles. The van der Waals surface area contributed by atoms with Crippen LogP contribution in [-0.2, 0) is 0 Å². The van der Waals surface area contributed by atoms with Crippen LogP contribution in [0.25, 0.3) is 0 Å². The Bertz CT molecular complexity index is 595. The maximum Gasteiger partial charge on any atom is 0.151 e. The van der Waals surface area contributed by atoms with Gasteiger partial charge in [-0.15, -0.1) is 23.5 Å². The van der Waals surface area contributed by atoms with Gasteiger partial charge in [-0.1, -0.05) is 36.4 Å². The first-order valence-electron chi connectivity index (χ1n) is 6.52. The van der Waals surface area contributed by atoms with Gasteiger partial charge in [-0.05, 0) is 26.0 Å². The molecule has 0 saturated heterocycles. The maximum absolute atomic E-state index is 11.1. The minimum atomic E-state index is -0.196. The van der Waals surface area contributed by atoms with Crippen molar-refractivity contribution in [3.63, 3.8) is 0 Å². The zero-order chi connectivity index (χ0) is 15.3. The molecular weight excluding hydrogens is 300 g/mol. The third-order valence-corrected chi connectivity index (χ3v) is 5.47. The van der Waals surface area contributed by atoms with Crippen LogP contribution in [0.2, 0.25) is 0 Å². The standard InChI is InChI=1S/C17H16O2S2/c1-17(2,20-15-9-5-3-7-13(15)11-18)21-16-10-6-4-8-14(16)12-19/h3-12H,1-2H3. The SMILES string of the molecule is CC(C)(Sc1ccccc1C=O)Sc1ccccc1C=O. The maximum atomic E-state index is 11.1. The Hall–Kier alpha value is -1.52. The molecule has 4 heteroatoms. The lowest BCUT2D eigenvalue weighted by atomic mass is 10.2. The molecule has 0 heterocycles. The van der Waals surface area contributed by atoms with Gasteiger partial charge in [0, 0.05) is 20.9 Å². The lowest BCUT2D eigenvalue weighted by molar-refractivity contribution is 0.111. The number of thioether (sulfide) groups is 2. The van der Waals surface area contributed by atoms with E-state index in [1.54, 1.807) is 23.5 Å². The van der Waals surface area contributed by atoms with E-state index in [0.29, 0.717) is 11.1 Å². The molecule has 21 heavy (non-hydrogen) atoms. The number of carbonyl (C=O) groups is 2. The van der Waals surface area contributed by atoms with E-state index in [-0.39, 0.29) is 4.08 Å². The van der Waals surface area contributed by atoms with Crippen LogP contribution in [0, 0.1) is 0 Å². The highest BCUT2D eigenvalue weighted by Gasteiger charge is 2.23. The summed E-state index contributed by atoms with van der Waals surface area (Å²) >= 11 is 3.25. The predicted octanol–water partition coefficient (Wildman–Crippen LogP) is 4.93. The molecule has 0 aliphatic heterocycles. The third-order valence-electron chi connectivity index (χ3n) is 2.80. The fourth-order valence-corrected chi connectivity index (χ4v) is 4.42. The molecule has 0 amide bonds. The second-order valence-corrected chi connectivity index (χ2v) is 8.50. The second-order valence-electron chi connectivity index (χ2n) is 4.92. The highest BCUT2D eigenvalue weighted by molar-refractivity contribution is 8.18. The van der Waals surface area contributed by atoms with E-state index in [0.717, 1.165) is 22.4 Å². The molecule has 108 valence electrons. The summed E-state index contributed by atoms with van der Waals surface area (Å²) in [5.41, 5.74) is 1.39. The summed E-state index contributed by atoms with van der Waals surface area (Å²) < 4.78 is -0.196. The smallest absolute Gasteiger partial charge is 0.151 e. The van der Waals surface area contributed by atoms with Crippen LogP contribution in [0.15, 0.2) is 58.3 Å². The average molecular weight is 316 g/mol. The van der Waals surface area contributed by atoms with Gasteiger partial charge in [-0.25, -0.2) is 0 Å². The minimum absolute atomic E-state index is 0.196. The number of rotatable bonds is 6. The first kappa shape index (κ1) is 15.9. The van der Waals surface area contributed by atoms with Gasteiger partial charge in [0.1, 0.15) is 0 Å². The number of hydrogen-bond acceptors (Lipinski definition) is 4. The molecule has 0 N–H and O–H groups in total. The lowest BCUT2D eigenvalue weighted by Crippen LogP contribution is -2.09. The molecule has 0 aliphatic carbocycles. The van der Waals surface area contributed by atoms with Gasteiger partial charge < -0.3 is 0 Å². The van der Waals surface area contributed by atoms with E-state index in [4.69, 9.17) is 0 Å². The molecule has 0 fully saturated rings. The minimum Gasteiger partial charge on any atom is -0.298 e. The van der Waals surface area contributed by atoms with Crippen molar-refractivity contribution in [1.82, 2.24) is 0 Å². The summed E-state index contributed by atoms with van der Waals surface area (Å²) in [6, 6.07) is 15.1. The summed E-state index contributed by atoms with van der Waals surface area (Å²) in [6.07, 6.45) is 1.75. The van der Waals surface area contributed by atoms with Gasteiger partial charge in [0.2, 0.25) is 0 Å². The van der Waals surface area contributed by atoms with Gasteiger partial charge in [0.15, 0.2) is 12.6 Å². The first-order chi connectivity index (χ1) is 10.1. The molecule has 2 nitrogen and oxygen atoms in total. The van der Waals surface area contributed by atoms with Gasteiger partial charge in [-0.3, -0.25) is 9.59 Å². The summed E-state index contributed by atoms with van der Waals surface area (Å²) in [5.74, 6) is 0. The van der Waals surface area contributed by atoms with Crippen LogP contribution in [0.3, 0.4) is 0 Å². The Morgan fingerprint density at radius 3 is 1.52 bits per heavy atom. The van der Waals surface area contributed by atoms with Gasteiger partial charge in [0.05, 0.1) is 4.08 Å². The first-order valence-corrected chi connectivity index (χ1v) is 8.15. The molecule has 2 rings (SSSR count). The van der Waals surface area contributed by atoms with E-state index in [1.807, 2.05) is 48.5 Å². The summed E-state index contributed by atoms with van der Waals surface area (Å²) in [7, 11) is 0. The molecule has 0 aliphatic rings. The van der Waals surface area contributed by atoms with Crippen LogP contribution >= 0.6 is 23.5 Å². The van der Waals surface area contributed by atoms with Crippen molar-refractivity contribution in [2.45, 2.75) is 27.7 Å². The zero-order valence-corrected chi connectivity index (χ0v) is 13.5. The second kappa shape index (κ2) is 6.96. The van der Waals surface area contributed by atoms with Crippen molar-refractivity contribution in [3.8, 4) is 0 Å². The van der Waals surface area contributed by atoms with Crippen molar-refractivity contribution >= 4 is 36.1 Å². The highest BCUT2D eigenvalue weighted by atomic mass is 32.2. The molecule has 0 radical (unpaired) electrons. The molecule has 0 spiro atoms. The summed E-state index contributed by atoms with van der Waals surface area (Å²) in [6.45, 7) is 4.18. The van der Waals surface area contributed by atoms with Crippen LogP contribution in [0.4, 0.5) is 0 Å². The highest BCUT2D eigenvalue weighted by Crippen LogP contribution is 2.46. The largest absolute Gasteiger partial charge is 0.298 e. The predicted molar refractivity (Wildman–Crippen MR) is 89.5 cm³/mol. The number of carbonyl (C=O) groups excluding carboxylic acids is 2. The van der Waals surface area contributed by atoms with Crippen LogP contribution < -0.4 is 0 Å². The zero-order valence-electron chi connectivity index (χ0n) is 11.9. The van der Waals surface area contributed by atoms with Gasteiger partial charge in [-0.2, -0.15) is 0 Å². The molecule has 2 aromatic rings. The Balaban J connectivity index is 2.22. The van der Waals surface area contributed by atoms with Crippen LogP contribution in [-0.4, -0.2) is 16.7 Å². The monoisotopic (exact) mass is 316 g/mol. The van der Waals surface area contributed by atoms with Crippen LogP contribution in [0.1, 0.15) is 34.6 Å². The van der Waals surface area contributed by atoms with Crippen molar-refractivity contribution in [2.24, 2.45) is 0 Å². The van der Waals surface area contributed by atoms with Crippen LogP contribution in [0.5, 0.6) is 0 Å². The molecular formula is C17H16O2S2. The van der Waals surface area contributed by atoms with Crippen molar-refractivity contribution in [1.29, 1.82) is 0 Å². The van der Waals surface area contributed by atoms with E-state index < -0.39 is 0 Å². The normalized spacial score (nSPS) is 11.1. The van der Waals surface area contributed by atoms with Crippen molar-refractivity contribution in [3.05, 3.63) is 59.7 Å². The molecule has 0 bridgehead atoms. The van der Waals surface area contributed by atoms with Crippen molar-refractivity contribution < 1.29 is 9.59 Å². The van der Waals surface area contributed by atoms with Crippen molar-refractivity contribution in [2.75, 3.05) is 0 Å². The third kappa shape index (κ3) is 4.22. The average Bonchev–Trinajstić information content (AvgIpc) is 2.47. The Morgan fingerprint density at radius 1 is 0.762 bits per heavy atom. The quantitative estimate of drug-likeness (QED) is 0.430. The fourth-order valence-electron chi connectivity index (χ4n) is 1.89. The van der Waals surface area contributed by atoms with Gasteiger partial charge in [0.25, 0.3) is 0 Å². The topological polar surface area (TPSA) is 34.1 Å². The Morgan fingerprint density at radius 2 is 1.14 bits per heavy atom. The molecule has 0 aromatic heterocycles. The molecule has 0 saturated carbocycles. The Kier molecular flexibility index (Phi) is 5.26. The summed E-state index contributed by atoms with van der Waals surface area (Å²) in [5, 5.41) is 0. The van der Waals surface area contributed by atoms with E-state index in [1.165, 1.54) is 0 Å². The summed E-state index contributed by atoms with van der Waals surface area (Å²) in [4.78, 5) is 24.1.